The Morgan fingerprint density at radius 3 is 2.41 bits per heavy atom. The zero-order valence-corrected chi connectivity index (χ0v) is 17.7. The van der Waals surface area contributed by atoms with E-state index in [0.717, 1.165) is 37.2 Å². The summed E-state index contributed by atoms with van der Waals surface area (Å²) >= 11 is 0. The summed E-state index contributed by atoms with van der Waals surface area (Å²) in [6, 6.07) is 10.1. The SMILES string of the molecule is CCOC(=O)c1cc(N2CCCC2)cc(CCS(=O)(=O)c2ccc(C)cc2)c1O. The number of hydrogen-bond donors (Lipinski definition) is 1. The highest BCUT2D eigenvalue weighted by atomic mass is 32.2. The smallest absolute Gasteiger partial charge is 0.341 e. The van der Waals surface area contributed by atoms with Crippen molar-refractivity contribution >= 4 is 21.5 Å². The molecule has 1 N–H and O–H groups in total. The van der Waals surface area contributed by atoms with E-state index >= 15 is 0 Å². The summed E-state index contributed by atoms with van der Waals surface area (Å²) in [5, 5.41) is 10.6. The predicted octanol–water partition coefficient (Wildman–Crippen LogP) is 3.49. The number of aryl methyl sites for hydroxylation is 2. The van der Waals surface area contributed by atoms with Crippen LogP contribution in [0.15, 0.2) is 41.3 Å². The van der Waals surface area contributed by atoms with E-state index in [9.17, 15) is 18.3 Å². The van der Waals surface area contributed by atoms with Gasteiger partial charge in [0.15, 0.2) is 9.84 Å². The number of esters is 1. The first-order chi connectivity index (χ1) is 13.8. The fourth-order valence-corrected chi connectivity index (χ4v) is 4.77. The average molecular weight is 418 g/mol. The zero-order chi connectivity index (χ0) is 21.0. The van der Waals surface area contributed by atoms with Gasteiger partial charge < -0.3 is 14.7 Å². The van der Waals surface area contributed by atoms with Crippen molar-refractivity contribution in [1.29, 1.82) is 0 Å². The summed E-state index contributed by atoms with van der Waals surface area (Å²) in [7, 11) is -3.51. The van der Waals surface area contributed by atoms with Crippen LogP contribution in [0.1, 0.15) is 41.3 Å². The minimum absolute atomic E-state index is 0.0824. The first-order valence-electron chi connectivity index (χ1n) is 9.89. The average Bonchev–Trinajstić information content (AvgIpc) is 3.22. The van der Waals surface area contributed by atoms with Crippen molar-refractivity contribution in [3.8, 4) is 5.75 Å². The molecule has 0 saturated carbocycles. The first-order valence-corrected chi connectivity index (χ1v) is 11.5. The molecule has 0 unspecified atom stereocenters. The van der Waals surface area contributed by atoms with Crippen molar-refractivity contribution in [2.75, 3.05) is 30.3 Å². The molecular weight excluding hydrogens is 390 g/mol. The molecule has 1 aliphatic heterocycles. The number of benzene rings is 2. The highest BCUT2D eigenvalue weighted by Crippen LogP contribution is 2.32. The Balaban J connectivity index is 1.90. The van der Waals surface area contributed by atoms with Gasteiger partial charge in [-0.3, -0.25) is 0 Å². The number of aromatic hydroxyl groups is 1. The molecular formula is C22H27NO5S. The third-order valence-electron chi connectivity index (χ3n) is 5.16. The summed E-state index contributed by atoms with van der Waals surface area (Å²) in [4.78, 5) is 14.7. The van der Waals surface area contributed by atoms with E-state index in [1.165, 1.54) is 0 Å². The molecule has 6 nitrogen and oxygen atoms in total. The second-order valence-electron chi connectivity index (χ2n) is 7.30. The molecule has 0 spiro atoms. The van der Waals surface area contributed by atoms with Gasteiger partial charge in [0.25, 0.3) is 0 Å². The highest BCUT2D eigenvalue weighted by molar-refractivity contribution is 7.91. The third kappa shape index (κ3) is 4.90. The van der Waals surface area contributed by atoms with Gasteiger partial charge in [-0.25, -0.2) is 13.2 Å². The van der Waals surface area contributed by atoms with Crippen LogP contribution >= 0.6 is 0 Å². The molecule has 0 atom stereocenters. The number of sulfone groups is 1. The molecule has 0 amide bonds. The van der Waals surface area contributed by atoms with E-state index in [0.29, 0.717) is 5.56 Å². The number of phenols is 1. The second-order valence-corrected chi connectivity index (χ2v) is 9.41. The Kier molecular flexibility index (Phi) is 6.47. The van der Waals surface area contributed by atoms with Gasteiger partial charge in [-0.2, -0.15) is 0 Å². The topological polar surface area (TPSA) is 83.9 Å². The minimum Gasteiger partial charge on any atom is -0.507 e. The number of hydrogen-bond acceptors (Lipinski definition) is 6. The number of carbonyl (C=O) groups excluding carboxylic acids is 1. The molecule has 0 bridgehead atoms. The van der Waals surface area contributed by atoms with Crippen LogP contribution < -0.4 is 4.90 Å². The molecule has 156 valence electrons. The quantitative estimate of drug-likeness (QED) is 0.694. The Hall–Kier alpha value is -2.54. The predicted molar refractivity (Wildman–Crippen MR) is 112 cm³/mol. The van der Waals surface area contributed by atoms with Crippen LogP contribution in [0.3, 0.4) is 0 Å². The zero-order valence-electron chi connectivity index (χ0n) is 16.8. The van der Waals surface area contributed by atoms with E-state index in [1.54, 1.807) is 43.3 Å². The normalized spacial score (nSPS) is 14.2. The molecule has 2 aromatic rings. The van der Waals surface area contributed by atoms with Crippen LogP contribution in [-0.4, -0.2) is 44.9 Å². The van der Waals surface area contributed by atoms with Gasteiger partial charge in [-0.15, -0.1) is 0 Å². The van der Waals surface area contributed by atoms with E-state index in [-0.39, 0.29) is 35.0 Å². The largest absolute Gasteiger partial charge is 0.507 e. The number of phenolic OH excluding ortho intramolecular Hbond substituents is 1. The van der Waals surface area contributed by atoms with E-state index in [2.05, 4.69) is 4.90 Å². The van der Waals surface area contributed by atoms with Gasteiger partial charge >= 0.3 is 5.97 Å². The molecule has 1 fully saturated rings. The van der Waals surface area contributed by atoms with E-state index in [4.69, 9.17) is 4.74 Å². The van der Waals surface area contributed by atoms with Gasteiger partial charge in [-0.05, 0) is 62.9 Å². The lowest BCUT2D eigenvalue weighted by Crippen LogP contribution is -2.19. The van der Waals surface area contributed by atoms with Crippen molar-refractivity contribution in [3.05, 3.63) is 53.1 Å². The molecule has 1 aliphatic rings. The Morgan fingerprint density at radius 2 is 1.79 bits per heavy atom. The summed E-state index contributed by atoms with van der Waals surface area (Å²) in [6.07, 6.45) is 2.23. The van der Waals surface area contributed by atoms with Crippen LogP contribution in [0, 0.1) is 6.92 Å². The molecule has 0 radical (unpaired) electrons. The van der Waals surface area contributed by atoms with Gasteiger partial charge in [0, 0.05) is 18.8 Å². The summed E-state index contributed by atoms with van der Waals surface area (Å²) in [5.41, 5.74) is 2.32. The van der Waals surface area contributed by atoms with Crippen LogP contribution in [0.25, 0.3) is 0 Å². The number of nitrogens with zero attached hydrogens (tertiary/aromatic N) is 1. The van der Waals surface area contributed by atoms with Crippen LogP contribution in [0.2, 0.25) is 0 Å². The Labute approximate surface area is 172 Å². The summed E-state index contributed by atoms with van der Waals surface area (Å²) < 4.78 is 30.5. The first kappa shape index (κ1) is 21.2. The van der Waals surface area contributed by atoms with Crippen molar-refractivity contribution in [3.63, 3.8) is 0 Å². The summed E-state index contributed by atoms with van der Waals surface area (Å²) in [6.45, 7) is 5.54. The number of ether oxygens (including phenoxy) is 1. The fourth-order valence-electron chi connectivity index (χ4n) is 3.50. The number of rotatable bonds is 7. The van der Waals surface area contributed by atoms with Crippen LogP contribution in [0.4, 0.5) is 5.69 Å². The number of carbonyl (C=O) groups is 1. The van der Waals surface area contributed by atoms with Crippen molar-refractivity contribution in [2.24, 2.45) is 0 Å². The molecule has 7 heteroatoms. The molecule has 2 aromatic carbocycles. The highest BCUT2D eigenvalue weighted by Gasteiger charge is 2.23. The maximum Gasteiger partial charge on any atom is 0.341 e. The molecule has 1 saturated heterocycles. The number of anilines is 1. The lowest BCUT2D eigenvalue weighted by molar-refractivity contribution is 0.0523. The monoisotopic (exact) mass is 417 g/mol. The Bertz CT molecular complexity index is 977. The second kappa shape index (κ2) is 8.86. The van der Waals surface area contributed by atoms with Crippen LogP contribution in [-0.2, 0) is 21.0 Å². The van der Waals surface area contributed by atoms with Crippen molar-refractivity contribution in [1.82, 2.24) is 0 Å². The third-order valence-corrected chi connectivity index (χ3v) is 6.89. The van der Waals surface area contributed by atoms with Gasteiger partial charge in [-0.1, -0.05) is 17.7 Å². The van der Waals surface area contributed by atoms with Gasteiger partial charge in [0.05, 0.1) is 17.3 Å². The molecule has 3 rings (SSSR count). The van der Waals surface area contributed by atoms with E-state index < -0.39 is 15.8 Å². The fraction of sp³-hybridized carbons (Fsp3) is 0.409. The lowest BCUT2D eigenvalue weighted by atomic mass is 10.0. The minimum atomic E-state index is -3.51. The van der Waals surface area contributed by atoms with Crippen molar-refractivity contribution in [2.45, 2.75) is 38.0 Å². The standard InChI is InChI=1S/C22H27NO5S/c1-3-28-22(25)20-15-18(23-11-4-5-12-23)14-17(21(20)24)10-13-29(26,27)19-8-6-16(2)7-9-19/h6-9,14-15,24H,3-5,10-13H2,1-2H3. The molecule has 0 aromatic heterocycles. The molecule has 29 heavy (non-hydrogen) atoms. The van der Waals surface area contributed by atoms with E-state index in [1.807, 2.05) is 6.92 Å². The maximum atomic E-state index is 12.7. The maximum absolute atomic E-state index is 12.7. The van der Waals surface area contributed by atoms with Crippen LogP contribution in [0.5, 0.6) is 5.75 Å². The lowest BCUT2D eigenvalue weighted by Gasteiger charge is -2.21. The molecule has 1 heterocycles. The van der Waals surface area contributed by atoms with Gasteiger partial charge in [0.2, 0.25) is 0 Å². The Morgan fingerprint density at radius 1 is 1.14 bits per heavy atom. The van der Waals surface area contributed by atoms with Gasteiger partial charge in [0.1, 0.15) is 11.3 Å². The summed E-state index contributed by atoms with van der Waals surface area (Å²) in [5.74, 6) is -0.964. The molecule has 0 aliphatic carbocycles. The van der Waals surface area contributed by atoms with Crippen molar-refractivity contribution < 1.29 is 23.1 Å².